The molecule has 112 valence electrons. The molecule has 0 aliphatic carbocycles. The summed E-state index contributed by atoms with van der Waals surface area (Å²) < 4.78 is 13.6. The Bertz CT molecular complexity index is 625. The fraction of sp³-hybridized carbons (Fsp3) is 0.333. The Labute approximate surface area is 131 Å². The van der Waals surface area contributed by atoms with Crippen LogP contribution in [0.5, 0.6) is 0 Å². The lowest BCUT2D eigenvalue weighted by Gasteiger charge is -2.22. The zero-order valence-electron chi connectivity index (χ0n) is 12.7. The van der Waals surface area contributed by atoms with Crippen molar-refractivity contribution in [3.8, 4) is 0 Å². The average molecular weight is 306 g/mol. The number of hydrogen-bond donors (Lipinski definition) is 1. The second kappa shape index (κ2) is 7.06. The number of halogens is 2. The number of aryl methyl sites for hydroxylation is 2. The summed E-state index contributed by atoms with van der Waals surface area (Å²) >= 11 is 6.19. The standard InChI is InChI=1S/C18H21ClFN/c1-4-8-21-18(14-6-5-7-15(20)11-14)16-9-13(3)17(19)10-12(16)2/h5-7,9-11,18,21H,4,8H2,1-3H3. The Morgan fingerprint density at radius 1 is 1.14 bits per heavy atom. The highest BCUT2D eigenvalue weighted by Crippen LogP contribution is 2.29. The fourth-order valence-electron chi connectivity index (χ4n) is 2.50. The van der Waals surface area contributed by atoms with E-state index in [4.69, 9.17) is 11.6 Å². The van der Waals surface area contributed by atoms with Crippen LogP contribution in [0.15, 0.2) is 36.4 Å². The minimum absolute atomic E-state index is 0.0170. The highest BCUT2D eigenvalue weighted by atomic mass is 35.5. The van der Waals surface area contributed by atoms with Crippen LogP contribution in [0, 0.1) is 19.7 Å². The topological polar surface area (TPSA) is 12.0 Å². The van der Waals surface area contributed by atoms with Gasteiger partial charge in [-0.3, -0.25) is 0 Å². The van der Waals surface area contributed by atoms with E-state index in [9.17, 15) is 4.39 Å². The number of benzene rings is 2. The molecule has 0 aliphatic heterocycles. The van der Waals surface area contributed by atoms with Crippen LogP contribution < -0.4 is 5.32 Å². The highest BCUT2D eigenvalue weighted by molar-refractivity contribution is 6.31. The second-order valence-corrected chi connectivity index (χ2v) is 5.81. The van der Waals surface area contributed by atoms with Crippen molar-refractivity contribution in [2.24, 2.45) is 0 Å². The third-order valence-electron chi connectivity index (χ3n) is 3.64. The lowest BCUT2D eigenvalue weighted by atomic mass is 9.93. The van der Waals surface area contributed by atoms with Gasteiger partial charge < -0.3 is 5.32 Å². The molecule has 0 radical (unpaired) electrons. The minimum Gasteiger partial charge on any atom is -0.306 e. The van der Waals surface area contributed by atoms with Gasteiger partial charge in [-0.25, -0.2) is 4.39 Å². The van der Waals surface area contributed by atoms with Gasteiger partial charge in [-0.1, -0.05) is 36.7 Å². The van der Waals surface area contributed by atoms with E-state index in [0.29, 0.717) is 0 Å². The van der Waals surface area contributed by atoms with E-state index >= 15 is 0 Å². The summed E-state index contributed by atoms with van der Waals surface area (Å²) in [5.74, 6) is -0.209. The normalized spacial score (nSPS) is 12.4. The SMILES string of the molecule is CCCNC(c1cccc(F)c1)c1cc(C)c(Cl)cc1C. The number of nitrogens with one attached hydrogen (secondary N) is 1. The van der Waals surface area contributed by atoms with Crippen molar-refractivity contribution in [1.29, 1.82) is 0 Å². The Balaban J connectivity index is 2.47. The van der Waals surface area contributed by atoms with E-state index in [1.165, 1.54) is 6.07 Å². The summed E-state index contributed by atoms with van der Waals surface area (Å²) in [4.78, 5) is 0. The van der Waals surface area contributed by atoms with Gasteiger partial charge in [0.15, 0.2) is 0 Å². The first kappa shape index (κ1) is 16.0. The molecular weight excluding hydrogens is 285 g/mol. The van der Waals surface area contributed by atoms with Gasteiger partial charge in [-0.15, -0.1) is 0 Å². The monoisotopic (exact) mass is 305 g/mol. The lowest BCUT2D eigenvalue weighted by molar-refractivity contribution is 0.583. The number of hydrogen-bond acceptors (Lipinski definition) is 1. The molecular formula is C18H21ClFN. The summed E-state index contributed by atoms with van der Waals surface area (Å²) in [5, 5.41) is 4.28. The van der Waals surface area contributed by atoms with E-state index in [0.717, 1.165) is 40.2 Å². The molecule has 1 unspecified atom stereocenters. The Morgan fingerprint density at radius 3 is 2.57 bits per heavy atom. The molecule has 0 saturated carbocycles. The van der Waals surface area contributed by atoms with Crippen LogP contribution >= 0.6 is 11.6 Å². The summed E-state index contributed by atoms with van der Waals surface area (Å²) in [7, 11) is 0. The molecule has 0 heterocycles. The molecule has 2 rings (SSSR count). The first-order valence-electron chi connectivity index (χ1n) is 7.28. The second-order valence-electron chi connectivity index (χ2n) is 5.40. The van der Waals surface area contributed by atoms with E-state index < -0.39 is 0 Å². The molecule has 1 nitrogen and oxygen atoms in total. The van der Waals surface area contributed by atoms with Crippen LogP contribution in [-0.4, -0.2) is 6.54 Å². The van der Waals surface area contributed by atoms with E-state index in [2.05, 4.69) is 18.3 Å². The van der Waals surface area contributed by atoms with Crippen molar-refractivity contribution in [3.63, 3.8) is 0 Å². The molecule has 0 aliphatic rings. The largest absolute Gasteiger partial charge is 0.306 e. The van der Waals surface area contributed by atoms with Crippen LogP contribution in [0.25, 0.3) is 0 Å². The van der Waals surface area contributed by atoms with Crippen LogP contribution in [-0.2, 0) is 0 Å². The first-order chi connectivity index (χ1) is 10.0. The van der Waals surface area contributed by atoms with E-state index in [1.54, 1.807) is 12.1 Å². The van der Waals surface area contributed by atoms with Crippen molar-refractivity contribution in [2.75, 3.05) is 6.54 Å². The van der Waals surface area contributed by atoms with E-state index in [1.807, 2.05) is 26.0 Å². The zero-order chi connectivity index (χ0) is 15.4. The smallest absolute Gasteiger partial charge is 0.123 e. The molecule has 0 fully saturated rings. The fourth-order valence-corrected chi connectivity index (χ4v) is 2.71. The molecule has 2 aromatic carbocycles. The summed E-state index contributed by atoms with van der Waals surface area (Å²) in [6, 6.07) is 10.8. The summed E-state index contributed by atoms with van der Waals surface area (Å²) in [5.41, 5.74) is 4.24. The van der Waals surface area contributed by atoms with Crippen molar-refractivity contribution < 1.29 is 4.39 Å². The number of rotatable bonds is 5. The molecule has 2 aromatic rings. The highest BCUT2D eigenvalue weighted by Gasteiger charge is 2.17. The first-order valence-corrected chi connectivity index (χ1v) is 7.66. The minimum atomic E-state index is -0.209. The summed E-state index contributed by atoms with van der Waals surface area (Å²) in [6.07, 6.45) is 1.03. The maximum Gasteiger partial charge on any atom is 0.123 e. The molecule has 0 spiro atoms. The Morgan fingerprint density at radius 2 is 1.90 bits per heavy atom. The molecule has 1 atom stereocenters. The van der Waals surface area contributed by atoms with Crippen LogP contribution in [0.3, 0.4) is 0 Å². The predicted octanol–water partition coefficient (Wildman–Crippen LogP) is 5.18. The quantitative estimate of drug-likeness (QED) is 0.802. The van der Waals surface area contributed by atoms with Gasteiger partial charge in [0.05, 0.1) is 6.04 Å². The predicted molar refractivity (Wildman–Crippen MR) is 87.5 cm³/mol. The molecule has 0 bridgehead atoms. The summed E-state index contributed by atoms with van der Waals surface area (Å²) in [6.45, 7) is 7.03. The van der Waals surface area contributed by atoms with Gasteiger partial charge in [0, 0.05) is 5.02 Å². The Kier molecular flexibility index (Phi) is 5.38. The zero-order valence-corrected chi connectivity index (χ0v) is 13.5. The van der Waals surface area contributed by atoms with Gasteiger partial charge in [0.2, 0.25) is 0 Å². The molecule has 21 heavy (non-hydrogen) atoms. The van der Waals surface area contributed by atoms with Gasteiger partial charge in [0.1, 0.15) is 5.82 Å². The van der Waals surface area contributed by atoms with Crippen molar-refractivity contribution in [1.82, 2.24) is 5.32 Å². The van der Waals surface area contributed by atoms with Crippen LogP contribution in [0.4, 0.5) is 4.39 Å². The maximum absolute atomic E-state index is 13.6. The molecule has 3 heteroatoms. The maximum atomic E-state index is 13.6. The van der Waals surface area contributed by atoms with Gasteiger partial charge in [0.25, 0.3) is 0 Å². The van der Waals surface area contributed by atoms with Crippen molar-refractivity contribution in [2.45, 2.75) is 33.2 Å². The molecule has 0 saturated heterocycles. The van der Waals surface area contributed by atoms with Gasteiger partial charge >= 0.3 is 0 Å². The third kappa shape index (κ3) is 3.84. The van der Waals surface area contributed by atoms with Gasteiger partial charge in [-0.2, -0.15) is 0 Å². The van der Waals surface area contributed by atoms with Gasteiger partial charge in [-0.05, 0) is 67.3 Å². The van der Waals surface area contributed by atoms with Crippen molar-refractivity contribution >= 4 is 11.6 Å². The van der Waals surface area contributed by atoms with E-state index in [-0.39, 0.29) is 11.9 Å². The molecule has 0 aromatic heterocycles. The lowest BCUT2D eigenvalue weighted by Crippen LogP contribution is -2.24. The molecule has 0 amide bonds. The average Bonchev–Trinajstić information content (AvgIpc) is 2.44. The van der Waals surface area contributed by atoms with Crippen LogP contribution in [0.2, 0.25) is 5.02 Å². The Hall–Kier alpha value is -1.38. The third-order valence-corrected chi connectivity index (χ3v) is 4.05. The van der Waals surface area contributed by atoms with Crippen molar-refractivity contribution in [3.05, 3.63) is 69.5 Å². The molecule has 1 N–H and O–H groups in total. The van der Waals surface area contributed by atoms with Crippen LogP contribution in [0.1, 0.15) is 41.6 Å².